The lowest BCUT2D eigenvalue weighted by atomic mass is 10.2. The van der Waals surface area contributed by atoms with E-state index in [0.29, 0.717) is 17.2 Å². The van der Waals surface area contributed by atoms with Gasteiger partial charge in [0.05, 0.1) is 17.2 Å². The van der Waals surface area contributed by atoms with Crippen molar-refractivity contribution in [2.24, 2.45) is 0 Å². The molecule has 0 saturated carbocycles. The van der Waals surface area contributed by atoms with Gasteiger partial charge < -0.3 is 10.1 Å². The second kappa shape index (κ2) is 10.0. The van der Waals surface area contributed by atoms with Crippen molar-refractivity contribution in [2.45, 2.75) is 25.7 Å². The zero-order valence-corrected chi connectivity index (χ0v) is 19.3. The van der Waals surface area contributed by atoms with Crippen molar-refractivity contribution < 1.29 is 17.9 Å². The summed E-state index contributed by atoms with van der Waals surface area (Å²) >= 11 is 1.30. The Morgan fingerprint density at radius 1 is 1.03 bits per heavy atom. The molecule has 0 aliphatic carbocycles. The van der Waals surface area contributed by atoms with Crippen molar-refractivity contribution in [2.75, 3.05) is 19.7 Å². The van der Waals surface area contributed by atoms with Crippen LogP contribution >= 0.6 is 11.3 Å². The van der Waals surface area contributed by atoms with Gasteiger partial charge in [0.1, 0.15) is 15.6 Å². The van der Waals surface area contributed by atoms with Gasteiger partial charge in [0.25, 0.3) is 5.91 Å². The Labute approximate surface area is 186 Å². The number of benzene rings is 2. The van der Waals surface area contributed by atoms with E-state index in [9.17, 15) is 13.2 Å². The van der Waals surface area contributed by atoms with Gasteiger partial charge in [-0.2, -0.15) is 0 Å². The van der Waals surface area contributed by atoms with Crippen LogP contribution in [0, 0.1) is 13.8 Å². The lowest BCUT2D eigenvalue weighted by molar-refractivity contribution is 0.0957. The molecule has 7 nitrogen and oxygen atoms in total. The number of carbonyl (C=O) groups is 1. The minimum Gasteiger partial charge on any atom is -0.494 e. The van der Waals surface area contributed by atoms with Gasteiger partial charge in [-0.3, -0.25) is 4.79 Å². The fourth-order valence-electron chi connectivity index (χ4n) is 2.83. The summed E-state index contributed by atoms with van der Waals surface area (Å²) in [5, 5.41) is 3.49. The number of carbonyl (C=O) groups excluding carboxylic acids is 1. The summed E-state index contributed by atoms with van der Waals surface area (Å²) < 4.78 is 32.5. The highest BCUT2D eigenvalue weighted by Crippen LogP contribution is 2.29. The summed E-state index contributed by atoms with van der Waals surface area (Å²) in [6.07, 6.45) is 0. The van der Waals surface area contributed by atoms with Gasteiger partial charge >= 0.3 is 0 Å². The first-order chi connectivity index (χ1) is 14.8. The van der Waals surface area contributed by atoms with E-state index in [1.165, 1.54) is 11.3 Å². The monoisotopic (exact) mass is 459 g/mol. The number of amides is 1. The molecule has 3 aromatic rings. The minimum absolute atomic E-state index is 0.0888. The van der Waals surface area contributed by atoms with Crippen molar-refractivity contribution in [1.82, 2.24) is 15.0 Å². The maximum atomic E-state index is 12.5. The van der Waals surface area contributed by atoms with Gasteiger partial charge in [0, 0.05) is 18.7 Å². The van der Waals surface area contributed by atoms with Crippen molar-refractivity contribution in [3.8, 4) is 16.3 Å². The van der Waals surface area contributed by atoms with Crippen molar-refractivity contribution in [1.29, 1.82) is 0 Å². The lowest BCUT2D eigenvalue weighted by Crippen LogP contribution is -2.34. The standard InChI is InChI=1S/C22H25N3O4S2/c1-4-29-18-9-7-17(8-10-18)22-25-16(3)20(30-22)21(26)23-13-14-24-31(27,28)19-11-5-15(2)6-12-19/h5-12,24H,4,13-14H2,1-3H3,(H,23,26). The number of sulfonamides is 1. The van der Waals surface area contributed by atoms with Crippen molar-refractivity contribution in [3.63, 3.8) is 0 Å². The minimum atomic E-state index is -3.61. The van der Waals surface area contributed by atoms with Gasteiger partial charge in [0.15, 0.2) is 0 Å². The van der Waals surface area contributed by atoms with E-state index in [0.717, 1.165) is 21.9 Å². The second-order valence-corrected chi connectivity index (χ2v) is 9.62. The molecule has 0 saturated heterocycles. The molecule has 0 fully saturated rings. The number of nitrogens with zero attached hydrogens (tertiary/aromatic N) is 1. The van der Waals surface area contributed by atoms with Crippen LogP contribution in [0.15, 0.2) is 53.4 Å². The van der Waals surface area contributed by atoms with E-state index in [1.807, 2.05) is 38.1 Å². The number of rotatable bonds is 9. The van der Waals surface area contributed by atoms with Gasteiger partial charge in [0.2, 0.25) is 10.0 Å². The quantitative estimate of drug-likeness (QED) is 0.477. The third-order valence-electron chi connectivity index (χ3n) is 4.45. The molecule has 1 heterocycles. The molecule has 2 N–H and O–H groups in total. The molecular weight excluding hydrogens is 434 g/mol. The average molecular weight is 460 g/mol. The Hall–Kier alpha value is -2.75. The van der Waals surface area contributed by atoms with Crippen LogP contribution < -0.4 is 14.8 Å². The molecule has 3 rings (SSSR count). The van der Waals surface area contributed by atoms with Crippen LogP contribution in [0.3, 0.4) is 0 Å². The molecule has 0 aliphatic rings. The van der Waals surface area contributed by atoms with Crippen LogP contribution in [-0.2, 0) is 10.0 Å². The van der Waals surface area contributed by atoms with Crippen LogP contribution in [0.25, 0.3) is 10.6 Å². The molecule has 0 radical (unpaired) electrons. The molecule has 1 amide bonds. The van der Waals surface area contributed by atoms with E-state index < -0.39 is 10.0 Å². The van der Waals surface area contributed by atoms with E-state index in [4.69, 9.17) is 4.74 Å². The summed E-state index contributed by atoms with van der Waals surface area (Å²) in [4.78, 5) is 17.7. The molecule has 0 atom stereocenters. The summed E-state index contributed by atoms with van der Waals surface area (Å²) in [6.45, 7) is 6.45. The molecule has 164 valence electrons. The SMILES string of the molecule is CCOc1ccc(-c2nc(C)c(C(=O)NCCNS(=O)(=O)c3ccc(C)cc3)s2)cc1. The van der Waals surface area contributed by atoms with Gasteiger partial charge in [-0.05, 0) is 57.2 Å². The highest BCUT2D eigenvalue weighted by Gasteiger charge is 2.17. The van der Waals surface area contributed by atoms with Crippen LogP contribution in [0.1, 0.15) is 27.9 Å². The normalized spacial score (nSPS) is 11.3. The van der Waals surface area contributed by atoms with Crippen molar-refractivity contribution in [3.05, 3.63) is 64.7 Å². The smallest absolute Gasteiger partial charge is 0.263 e. The maximum absolute atomic E-state index is 12.5. The Bertz CT molecular complexity index is 1140. The van der Waals surface area contributed by atoms with Gasteiger partial charge in [-0.1, -0.05) is 17.7 Å². The van der Waals surface area contributed by atoms with E-state index >= 15 is 0 Å². The molecule has 9 heteroatoms. The second-order valence-electron chi connectivity index (χ2n) is 6.86. The number of hydrogen-bond acceptors (Lipinski definition) is 6. The topological polar surface area (TPSA) is 97.4 Å². The lowest BCUT2D eigenvalue weighted by Gasteiger charge is -2.08. The largest absolute Gasteiger partial charge is 0.494 e. The molecule has 0 bridgehead atoms. The summed E-state index contributed by atoms with van der Waals surface area (Å²) in [5.41, 5.74) is 2.52. The van der Waals surface area contributed by atoms with Gasteiger partial charge in [-0.25, -0.2) is 18.1 Å². The third-order valence-corrected chi connectivity index (χ3v) is 7.13. The first-order valence-electron chi connectivity index (χ1n) is 9.85. The predicted molar refractivity (Wildman–Crippen MR) is 122 cm³/mol. The Morgan fingerprint density at radius 2 is 1.71 bits per heavy atom. The van der Waals surface area contributed by atoms with Crippen LogP contribution in [-0.4, -0.2) is 39.0 Å². The fraction of sp³-hybridized carbons (Fsp3) is 0.273. The Kier molecular flexibility index (Phi) is 7.42. The number of hydrogen-bond donors (Lipinski definition) is 2. The van der Waals surface area contributed by atoms with Gasteiger partial charge in [-0.15, -0.1) is 11.3 Å². The molecular formula is C22H25N3O4S2. The zero-order valence-electron chi connectivity index (χ0n) is 17.6. The van der Waals surface area contributed by atoms with Crippen molar-refractivity contribution >= 4 is 27.3 Å². The fourth-order valence-corrected chi connectivity index (χ4v) is 4.85. The van der Waals surface area contributed by atoms with E-state index in [2.05, 4.69) is 15.0 Å². The molecule has 0 unspecified atom stereocenters. The summed E-state index contributed by atoms with van der Waals surface area (Å²) in [7, 11) is -3.61. The van der Waals surface area contributed by atoms with E-state index in [-0.39, 0.29) is 23.9 Å². The maximum Gasteiger partial charge on any atom is 0.263 e. The first-order valence-corrected chi connectivity index (χ1v) is 12.2. The predicted octanol–water partition coefficient (Wildman–Crippen LogP) is 3.53. The summed E-state index contributed by atoms with van der Waals surface area (Å²) in [5.74, 6) is 0.507. The number of aromatic nitrogens is 1. The molecule has 0 spiro atoms. The van der Waals surface area contributed by atoms with Crippen LogP contribution in [0.4, 0.5) is 0 Å². The van der Waals surface area contributed by atoms with Crippen LogP contribution in [0.5, 0.6) is 5.75 Å². The number of nitrogens with one attached hydrogen (secondary N) is 2. The molecule has 1 aromatic heterocycles. The zero-order chi connectivity index (χ0) is 22.4. The van der Waals surface area contributed by atoms with Crippen LogP contribution in [0.2, 0.25) is 0 Å². The average Bonchev–Trinajstić information content (AvgIpc) is 3.14. The Balaban J connectivity index is 1.56. The molecule has 0 aliphatic heterocycles. The third kappa shape index (κ3) is 5.90. The Morgan fingerprint density at radius 3 is 2.35 bits per heavy atom. The first kappa shape index (κ1) is 22.9. The highest BCUT2D eigenvalue weighted by molar-refractivity contribution is 7.89. The summed E-state index contributed by atoms with van der Waals surface area (Å²) in [6, 6.07) is 14.1. The molecule has 31 heavy (non-hydrogen) atoms. The molecule has 2 aromatic carbocycles. The highest BCUT2D eigenvalue weighted by atomic mass is 32.2. The number of aryl methyl sites for hydroxylation is 2. The number of ether oxygens (including phenoxy) is 1. The number of thiazole rings is 1. The van der Waals surface area contributed by atoms with E-state index in [1.54, 1.807) is 31.2 Å².